The van der Waals surface area contributed by atoms with Crippen molar-refractivity contribution >= 4 is 16.5 Å². The zero-order valence-corrected chi connectivity index (χ0v) is 13.6. The summed E-state index contributed by atoms with van der Waals surface area (Å²) in [5.74, 6) is -0.193. The average Bonchev–Trinajstić information content (AvgIpc) is 3.25. The van der Waals surface area contributed by atoms with Crippen LogP contribution in [-0.4, -0.2) is 30.4 Å². The molecule has 1 aliphatic carbocycles. The second kappa shape index (κ2) is 4.95. The Morgan fingerprint density at radius 1 is 1.12 bits per heavy atom. The molecule has 5 rings (SSSR count). The Morgan fingerprint density at radius 3 is 2.58 bits per heavy atom. The number of aromatic hydroxyl groups is 1. The summed E-state index contributed by atoms with van der Waals surface area (Å²) >= 11 is 0. The number of aromatic nitrogens is 2. The van der Waals surface area contributed by atoms with Crippen molar-refractivity contribution in [2.24, 2.45) is 0 Å². The van der Waals surface area contributed by atoms with Gasteiger partial charge in [-0.1, -0.05) is 18.2 Å². The fraction of sp³-hybridized carbons (Fsp3) is 0.278. The van der Waals surface area contributed by atoms with E-state index < -0.39 is 16.7 Å². The van der Waals surface area contributed by atoms with Crippen LogP contribution in [0.3, 0.4) is 0 Å². The van der Waals surface area contributed by atoms with Crippen LogP contribution in [0.25, 0.3) is 16.5 Å². The number of nitro groups is 1. The lowest BCUT2D eigenvalue weighted by Crippen LogP contribution is -2.31. The van der Waals surface area contributed by atoms with Gasteiger partial charge in [0.1, 0.15) is 0 Å². The molecular formula is C18H15N3O5. The third-order valence-corrected chi connectivity index (χ3v) is 5.63. The molecule has 3 atom stereocenters. The Kier molecular flexibility index (Phi) is 2.88. The molecule has 8 heteroatoms. The second-order valence-corrected chi connectivity index (χ2v) is 6.91. The third kappa shape index (κ3) is 1.74. The van der Waals surface area contributed by atoms with Gasteiger partial charge >= 0.3 is 5.69 Å². The van der Waals surface area contributed by atoms with Crippen LogP contribution in [0, 0.1) is 10.1 Å². The quantitative estimate of drug-likeness (QED) is 0.542. The first-order valence-corrected chi connectivity index (χ1v) is 8.39. The van der Waals surface area contributed by atoms with Crippen LogP contribution in [0.5, 0.6) is 5.88 Å². The Hall–Kier alpha value is -3.13. The zero-order valence-electron chi connectivity index (χ0n) is 13.6. The van der Waals surface area contributed by atoms with Gasteiger partial charge < -0.3 is 10.2 Å². The average molecular weight is 353 g/mol. The van der Waals surface area contributed by atoms with Crippen LogP contribution in [0.2, 0.25) is 0 Å². The number of nitrogens with zero attached hydrogens (tertiary/aromatic N) is 3. The van der Waals surface area contributed by atoms with Crippen molar-refractivity contribution in [3.05, 3.63) is 62.7 Å². The van der Waals surface area contributed by atoms with Crippen molar-refractivity contribution in [2.75, 3.05) is 0 Å². The monoisotopic (exact) mass is 353 g/mol. The molecule has 26 heavy (non-hydrogen) atoms. The summed E-state index contributed by atoms with van der Waals surface area (Å²) in [7, 11) is 0. The summed E-state index contributed by atoms with van der Waals surface area (Å²) in [4.78, 5) is 23.8. The number of imidazole rings is 1. The van der Waals surface area contributed by atoms with E-state index in [-0.39, 0.29) is 23.5 Å². The van der Waals surface area contributed by atoms with E-state index in [1.807, 2.05) is 0 Å². The van der Waals surface area contributed by atoms with E-state index in [9.17, 15) is 25.1 Å². The summed E-state index contributed by atoms with van der Waals surface area (Å²) < 4.78 is 2.67. The molecule has 2 aliphatic rings. The first kappa shape index (κ1) is 15.2. The first-order chi connectivity index (χ1) is 12.5. The van der Waals surface area contributed by atoms with E-state index in [0.29, 0.717) is 35.0 Å². The van der Waals surface area contributed by atoms with Crippen molar-refractivity contribution in [3.8, 4) is 11.6 Å². The van der Waals surface area contributed by atoms with Crippen LogP contribution in [0.15, 0.2) is 41.2 Å². The number of aliphatic hydroxyl groups is 1. The van der Waals surface area contributed by atoms with Gasteiger partial charge in [0.2, 0.25) is 5.88 Å². The van der Waals surface area contributed by atoms with Gasteiger partial charge in [-0.25, -0.2) is 9.36 Å². The summed E-state index contributed by atoms with van der Waals surface area (Å²) in [5, 5.41) is 33.1. The van der Waals surface area contributed by atoms with Gasteiger partial charge in [-0.15, -0.1) is 0 Å². The molecule has 132 valence electrons. The Morgan fingerprint density at radius 2 is 1.85 bits per heavy atom. The maximum absolute atomic E-state index is 13.0. The highest BCUT2D eigenvalue weighted by molar-refractivity contribution is 5.97. The number of hydrogen-bond acceptors (Lipinski definition) is 5. The molecule has 0 radical (unpaired) electrons. The van der Waals surface area contributed by atoms with Crippen molar-refractivity contribution in [3.63, 3.8) is 0 Å². The molecule has 1 aromatic heterocycles. The van der Waals surface area contributed by atoms with Gasteiger partial charge in [0.15, 0.2) is 0 Å². The molecule has 1 aliphatic heterocycles. The van der Waals surface area contributed by atoms with Crippen LogP contribution >= 0.6 is 0 Å². The minimum Gasteiger partial charge on any atom is -0.493 e. The highest BCUT2D eigenvalue weighted by Crippen LogP contribution is 2.51. The van der Waals surface area contributed by atoms with E-state index in [0.717, 1.165) is 0 Å². The largest absolute Gasteiger partial charge is 0.493 e. The Labute approximate surface area is 146 Å². The van der Waals surface area contributed by atoms with Crippen molar-refractivity contribution in [2.45, 2.75) is 30.9 Å². The number of hydrogen-bond donors (Lipinski definition) is 2. The Balaban J connectivity index is 1.82. The predicted octanol–water partition coefficient (Wildman–Crippen LogP) is 2.20. The minimum atomic E-state index is -0.589. The Bertz CT molecular complexity index is 1150. The lowest BCUT2D eigenvalue weighted by Gasteiger charge is -2.18. The molecular weight excluding hydrogens is 338 g/mol. The summed E-state index contributed by atoms with van der Waals surface area (Å²) in [6, 6.07) is 9.24. The normalized spacial score (nSPS) is 23.5. The van der Waals surface area contributed by atoms with Gasteiger partial charge in [-0.2, -0.15) is 0 Å². The number of non-ortho nitro benzene ring substituents is 1. The molecule has 8 nitrogen and oxygen atoms in total. The van der Waals surface area contributed by atoms with Gasteiger partial charge in [0, 0.05) is 17.4 Å². The highest BCUT2D eigenvalue weighted by atomic mass is 16.6. The molecule has 0 spiro atoms. The van der Waals surface area contributed by atoms with E-state index in [2.05, 4.69) is 0 Å². The van der Waals surface area contributed by atoms with E-state index >= 15 is 0 Å². The van der Waals surface area contributed by atoms with Crippen LogP contribution in [0.1, 0.15) is 30.5 Å². The fourth-order valence-electron chi connectivity index (χ4n) is 4.56. The first-order valence-electron chi connectivity index (χ1n) is 8.39. The van der Waals surface area contributed by atoms with Gasteiger partial charge in [0.05, 0.1) is 33.8 Å². The predicted molar refractivity (Wildman–Crippen MR) is 92.9 cm³/mol. The SMILES string of the molecule is O=c1n(-c2ccc([N+](=O)[O-])c3ccccc23)c(O)c2n1[C@H]1C[C@@H]2C[C@@H]1O. The topological polar surface area (TPSA) is 111 Å². The minimum absolute atomic E-state index is 0.0479. The summed E-state index contributed by atoms with van der Waals surface area (Å²) in [6.45, 7) is 0. The second-order valence-electron chi connectivity index (χ2n) is 6.91. The van der Waals surface area contributed by atoms with Crippen molar-refractivity contribution in [1.82, 2.24) is 9.13 Å². The van der Waals surface area contributed by atoms with Crippen LogP contribution in [-0.2, 0) is 0 Å². The molecule has 3 aromatic rings. The lowest BCUT2D eigenvalue weighted by molar-refractivity contribution is -0.383. The number of fused-ring (bicyclic) bond motifs is 6. The number of nitro benzene ring substituents is 1. The molecule has 0 unspecified atom stereocenters. The number of aliphatic hydroxyl groups excluding tert-OH is 1. The molecule has 1 saturated carbocycles. The molecule has 1 fully saturated rings. The van der Waals surface area contributed by atoms with Crippen molar-refractivity contribution in [1.29, 1.82) is 0 Å². The van der Waals surface area contributed by atoms with Gasteiger partial charge in [0.25, 0.3) is 5.69 Å². The molecule has 2 heterocycles. The smallest absolute Gasteiger partial charge is 0.336 e. The van der Waals surface area contributed by atoms with E-state index in [1.165, 1.54) is 21.3 Å². The summed E-state index contributed by atoms with van der Waals surface area (Å²) in [5.41, 5.74) is 0.458. The highest BCUT2D eigenvalue weighted by Gasteiger charge is 2.47. The van der Waals surface area contributed by atoms with Crippen LogP contribution in [0.4, 0.5) is 5.69 Å². The molecule has 2 bridgehead atoms. The number of rotatable bonds is 2. The third-order valence-electron chi connectivity index (χ3n) is 5.63. The van der Waals surface area contributed by atoms with Crippen molar-refractivity contribution < 1.29 is 15.1 Å². The van der Waals surface area contributed by atoms with Gasteiger partial charge in [-0.3, -0.25) is 14.7 Å². The fourth-order valence-corrected chi connectivity index (χ4v) is 4.56. The molecule has 2 aromatic carbocycles. The molecule has 0 saturated heterocycles. The summed E-state index contributed by atoms with van der Waals surface area (Å²) in [6.07, 6.45) is 0.596. The molecule has 2 N–H and O–H groups in total. The van der Waals surface area contributed by atoms with Gasteiger partial charge in [-0.05, 0) is 25.0 Å². The van der Waals surface area contributed by atoms with E-state index in [1.54, 1.807) is 24.3 Å². The zero-order chi connectivity index (χ0) is 18.2. The standard InChI is InChI=1S/C18H15N3O5/c22-15-8-9-7-14(15)19-16(9)17(23)20(18(19)24)12-5-6-13(21(25)26)11-4-2-1-3-10(11)12/h1-6,9,14-15,22-23H,7-8H2/t9-,14+,15+/m1/s1. The van der Waals surface area contributed by atoms with Crippen LogP contribution < -0.4 is 5.69 Å². The number of benzene rings is 2. The van der Waals surface area contributed by atoms with E-state index in [4.69, 9.17) is 0 Å². The molecule has 0 amide bonds. The maximum atomic E-state index is 13.0. The lowest BCUT2D eigenvalue weighted by atomic mass is 10.0. The maximum Gasteiger partial charge on any atom is 0.336 e.